The summed E-state index contributed by atoms with van der Waals surface area (Å²) in [5.74, 6) is -0.707. The molecule has 0 saturated heterocycles. The molecule has 0 fully saturated rings. The number of carbonyl (C=O) groups is 1. The second-order valence-corrected chi connectivity index (χ2v) is 4.09. The monoisotopic (exact) mass is 265 g/mol. The third-order valence-corrected chi connectivity index (χ3v) is 2.33. The normalized spacial score (nSPS) is 10.2. The molecule has 4 nitrogen and oxygen atoms in total. The van der Waals surface area contributed by atoms with E-state index in [-0.39, 0.29) is 16.5 Å². The first-order valence-corrected chi connectivity index (χ1v) is 5.48. The molecule has 1 amide bonds. The lowest BCUT2D eigenvalue weighted by atomic mass is 10.1. The van der Waals surface area contributed by atoms with Gasteiger partial charge in [-0.1, -0.05) is 11.6 Å². The lowest BCUT2D eigenvalue weighted by Gasteiger charge is -2.05. The molecule has 6 heteroatoms. The summed E-state index contributed by atoms with van der Waals surface area (Å²) >= 11 is 5.64. The summed E-state index contributed by atoms with van der Waals surface area (Å²) in [6.45, 7) is 1.71. The number of halogens is 2. The number of amides is 1. The first-order chi connectivity index (χ1) is 8.54. The number of nitrogens with zero attached hydrogens (tertiary/aromatic N) is 2. The maximum Gasteiger partial charge on any atom is 0.256 e. The van der Waals surface area contributed by atoms with Gasteiger partial charge >= 0.3 is 0 Å². The molecule has 1 heterocycles. The molecule has 0 spiro atoms. The van der Waals surface area contributed by atoms with Crippen molar-refractivity contribution >= 4 is 23.3 Å². The Hall–Kier alpha value is -2.01. The van der Waals surface area contributed by atoms with Gasteiger partial charge in [0.15, 0.2) is 5.82 Å². The molecule has 0 unspecified atom stereocenters. The Bertz CT molecular complexity index is 583. The van der Waals surface area contributed by atoms with Crippen LogP contribution in [0.5, 0.6) is 0 Å². The van der Waals surface area contributed by atoms with Crippen molar-refractivity contribution in [2.45, 2.75) is 6.92 Å². The quantitative estimate of drug-likeness (QED) is 0.908. The Morgan fingerprint density at radius 2 is 2.11 bits per heavy atom. The van der Waals surface area contributed by atoms with E-state index in [0.717, 1.165) is 6.07 Å². The van der Waals surface area contributed by atoms with Crippen LogP contribution in [0.15, 0.2) is 30.6 Å². The molecular weight excluding hydrogens is 257 g/mol. The van der Waals surface area contributed by atoms with Gasteiger partial charge in [0.2, 0.25) is 0 Å². The van der Waals surface area contributed by atoms with Crippen molar-refractivity contribution in [1.29, 1.82) is 0 Å². The highest BCUT2D eigenvalue weighted by Gasteiger charge is 2.09. The number of benzene rings is 1. The summed E-state index contributed by atoms with van der Waals surface area (Å²) in [7, 11) is 0. The largest absolute Gasteiger partial charge is 0.305 e. The van der Waals surface area contributed by atoms with Gasteiger partial charge in [-0.25, -0.2) is 9.37 Å². The van der Waals surface area contributed by atoms with E-state index in [0.29, 0.717) is 5.56 Å². The Morgan fingerprint density at radius 3 is 2.78 bits per heavy atom. The van der Waals surface area contributed by atoms with Gasteiger partial charge < -0.3 is 5.32 Å². The highest BCUT2D eigenvalue weighted by Crippen LogP contribution is 2.12. The maximum absolute atomic E-state index is 13.2. The molecule has 1 N–H and O–H groups in total. The summed E-state index contributed by atoms with van der Waals surface area (Å²) in [6.07, 6.45) is 2.71. The van der Waals surface area contributed by atoms with Crippen LogP contribution in [-0.2, 0) is 0 Å². The van der Waals surface area contributed by atoms with E-state index in [9.17, 15) is 9.18 Å². The van der Waals surface area contributed by atoms with Gasteiger partial charge in [0.25, 0.3) is 5.91 Å². The van der Waals surface area contributed by atoms with E-state index in [1.54, 1.807) is 13.0 Å². The number of anilines is 1. The molecular formula is C12H9ClFN3O. The molecule has 92 valence electrons. The van der Waals surface area contributed by atoms with Gasteiger partial charge in [0, 0.05) is 5.56 Å². The predicted octanol–water partition coefficient (Wildman–Crippen LogP) is 2.83. The average Bonchev–Trinajstić information content (AvgIpc) is 2.27. The summed E-state index contributed by atoms with van der Waals surface area (Å²) < 4.78 is 13.2. The standard InChI is InChI=1S/C12H9ClFN3O/c1-7-2-8(4-9(14)3-7)12(18)17-11-6-15-5-10(13)16-11/h2-6H,1H3,(H,16,17,18). The second kappa shape index (κ2) is 5.10. The van der Waals surface area contributed by atoms with Gasteiger partial charge in [-0.05, 0) is 30.7 Å². The minimum absolute atomic E-state index is 0.170. The van der Waals surface area contributed by atoms with Crippen molar-refractivity contribution < 1.29 is 9.18 Å². The fourth-order valence-electron chi connectivity index (χ4n) is 1.46. The number of carbonyl (C=O) groups excluding carboxylic acids is 1. The molecule has 1 aromatic heterocycles. The Kier molecular flexibility index (Phi) is 3.53. The van der Waals surface area contributed by atoms with Crippen molar-refractivity contribution in [3.63, 3.8) is 0 Å². The Labute approximate surface area is 108 Å². The Balaban J connectivity index is 2.22. The van der Waals surface area contributed by atoms with Crippen molar-refractivity contribution in [3.05, 3.63) is 52.7 Å². The van der Waals surface area contributed by atoms with Crippen LogP contribution in [0.25, 0.3) is 0 Å². The van der Waals surface area contributed by atoms with Crippen molar-refractivity contribution in [2.75, 3.05) is 5.32 Å². The molecule has 0 radical (unpaired) electrons. The number of aryl methyl sites for hydroxylation is 1. The van der Waals surface area contributed by atoms with E-state index < -0.39 is 11.7 Å². The molecule has 0 aliphatic carbocycles. The van der Waals surface area contributed by atoms with Crippen molar-refractivity contribution in [3.8, 4) is 0 Å². The van der Waals surface area contributed by atoms with Crippen LogP contribution < -0.4 is 5.32 Å². The maximum atomic E-state index is 13.2. The number of hydrogen-bond donors (Lipinski definition) is 1. The van der Waals surface area contributed by atoms with Crippen LogP contribution >= 0.6 is 11.6 Å². The number of hydrogen-bond acceptors (Lipinski definition) is 3. The fraction of sp³-hybridized carbons (Fsp3) is 0.0833. The number of aromatic nitrogens is 2. The Morgan fingerprint density at radius 1 is 1.33 bits per heavy atom. The zero-order valence-corrected chi connectivity index (χ0v) is 10.2. The van der Waals surface area contributed by atoms with Crippen LogP contribution in [0.3, 0.4) is 0 Å². The highest BCUT2D eigenvalue weighted by atomic mass is 35.5. The van der Waals surface area contributed by atoms with E-state index in [1.807, 2.05) is 0 Å². The minimum atomic E-state index is -0.464. The van der Waals surface area contributed by atoms with Gasteiger partial charge in [-0.15, -0.1) is 0 Å². The van der Waals surface area contributed by atoms with Crippen LogP contribution in [0.1, 0.15) is 15.9 Å². The second-order valence-electron chi connectivity index (χ2n) is 3.70. The third-order valence-electron chi connectivity index (χ3n) is 2.15. The lowest BCUT2D eigenvalue weighted by molar-refractivity contribution is 0.102. The van der Waals surface area contributed by atoms with Crippen LogP contribution in [-0.4, -0.2) is 15.9 Å². The molecule has 18 heavy (non-hydrogen) atoms. The topological polar surface area (TPSA) is 54.9 Å². The predicted molar refractivity (Wildman–Crippen MR) is 66.1 cm³/mol. The molecule has 2 aromatic rings. The van der Waals surface area contributed by atoms with Gasteiger partial charge in [0.1, 0.15) is 11.0 Å². The van der Waals surface area contributed by atoms with E-state index in [4.69, 9.17) is 11.6 Å². The summed E-state index contributed by atoms with van der Waals surface area (Å²) in [5, 5.41) is 2.66. The molecule has 0 aliphatic rings. The first-order valence-electron chi connectivity index (χ1n) is 5.11. The average molecular weight is 266 g/mol. The minimum Gasteiger partial charge on any atom is -0.305 e. The number of nitrogens with one attached hydrogen (secondary N) is 1. The van der Waals surface area contributed by atoms with Crippen LogP contribution in [0.2, 0.25) is 5.15 Å². The lowest BCUT2D eigenvalue weighted by Crippen LogP contribution is -2.13. The number of rotatable bonds is 2. The molecule has 0 saturated carbocycles. The third kappa shape index (κ3) is 3.01. The zero-order valence-electron chi connectivity index (χ0n) is 9.45. The first kappa shape index (κ1) is 12.4. The van der Waals surface area contributed by atoms with Crippen LogP contribution in [0.4, 0.5) is 10.2 Å². The van der Waals surface area contributed by atoms with Crippen molar-refractivity contribution in [1.82, 2.24) is 9.97 Å². The fourth-order valence-corrected chi connectivity index (χ4v) is 1.61. The van der Waals surface area contributed by atoms with Gasteiger partial charge in [-0.2, -0.15) is 0 Å². The highest BCUT2D eigenvalue weighted by molar-refractivity contribution is 6.29. The summed E-state index contributed by atoms with van der Waals surface area (Å²) in [6, 6.07) is 4.08. The molecule has 0 atom stereocenters. The molecule has 0 bridgehead atoms. The summed E-state index contributed by atoms with van der Waals surface area (Å²) in [4.78, 5) is 19.5. The van der Waals surface area contributed by atoms with Crippen molar-refractivity contribution in [2.24, 2.45) is 0 Å². The van der Waals surface area contributed by atoms with Crippen LogP contribution in [0, 0.1) is 12.7 Å². The zero-order chi connectivity index (χ0) is 13.1. The summed E-state index contributed by atoms with van der Waals surface area (Å²) in [5.41, 5.74) is 0.881. The van der Waals surface area contributed by atoms with Gasteiger partial charge in [-0.3, -0.25) is 9.78 Å². The van der Waals surface area contributed by atoms with E-state index >= 15 is 0 Å². The SMILES string of the molecule is Cc1cc(F)cc(C(=O)Nc2cncc(Cl)n2)c1. The van der Waals surface area contributed by atoms with Gasteiger partial charge in [0.05, 0.1) is 12.4 Å². The van der Waals surface area contributed by atoms with E-state index in [2.05, 4.69) is 15.3 Å². The molecule has 0 aliphatic heterocycles. The van der Waals surface area contributed by atoms with E-state index in [1.165, 1.54) is 18.5 Å². The smallest absolute Gasteiger partial charge is 0.256 e. The molecule has 2 rings (SSSR count). The molecule has 1 aromatic carbocycles.